The van der Waals surface area contributed by atoms with Crippen LogP contribution in [0.4, 0.5) is 0 Å². The fourth-order valence-corrected chi connectivity index (χ4v) is 2.00. The van der Waals surface area contributed by atoms with Gasteiger partial charge in [-0.1, -0.05) is 47.0 Å². The van der Waals surface area contributed by atoms with E-state index >= 15 is 0 Å². The first kappa shape index (κ1) is 14.0. The van der Waals surface area contributed by atoms with E-state index in [1.54, 1.807) is 0 Å². The van der Waals surface area contributed by atoms with Crippen LogP contribution in [0.1, 0.15) is 66.2 Å². The predicted molar refractivity (Wildman–Crippen MR) is 65.7 cm³/mol. The molecule has 86 valence electrons. The van der Waals surface area contributed by atoms with Crippen molar-refractivity contribution in [2.75, 3.05) is 6.54 Å². The van der Waals surface area contributed by atoms with Crippen molar-refractivity contribution < 1.29 is 0 Å². The van der Waals surface area contributed by atoms with E-state index < -0.39 is 0 Å². The van der Waals surface area contributed by atoms with Gasteiger partial charge in [0.05, 0.1) is 0 Å². The number of unbranched alkanes of at least 4 members (excludes halogenated alkanes) is 1. The molecule has 0 aromatic heterocycles. The molecule has 0 aliphatic heterocycles. The summed E-state index contributed by atoms with van der Waals surface area (Å²) in [6, 6.07) is 0.759. The summed E-state index contributed by atoms with van der Waals surface area (Å²) < 4.78 is 0. The highest BCUT2D eigenvalue weighted by Crippen LogP contribution is 2.15. The van der Waals surface area contributed by atoms with Crippen LogP contribution in [0, 0.1) is 5.92 Å². The Bertz CT molecular complexity index is 104. The number of hydrogen-bond donors (Lipinski definition) is 1. The second-order valence-corrected chi connectivity index (χ2v) is 4.47. The summed E-state index contributed by atoms with van der Waals surface area (Å²) in [5, 5.41) is 3.69. The number of nitrogens with one attached hydrogen (secondary N) is 1. The number of rotatable bonds is 9. The minimum Gasteiger partial charge on any atom is -0.314 e. The highest BCUT2D eigenvalue weighted by molar-refractivity contribution is 4.72. The molecule has 0 aliphatic carbocycles. The minimum absolute atomic E-state index is 0.759. The summed E-state index contributed by atoms with van der Waals surface area (Å²) in [6.45, 7) is 10.4. The van der Waals surface area contributed by atoms with Gasteiger partial charge in [-0.2, -0.15) is 0 Å². The molecule has 0 fully saturated rings. The van der Waals surface area contributed by atoms with Crippen LogP contribution in [-0.4, -0.2) is 12.6 Å². The molecule has 0 bridgehead atoms. The molecule has 0 aliphatic rings. The van der Waals surface area contributed by atoms with E-state index in [2.05, 4.69) is 33.0 Å². The van der Waals surface area contributed by atoms with Gasteiger partial charge < -0.3 is 5.32 Å². The van der Waals surface area contributed by atoms with Crippen molar-refractivity contribution in [3.05, 3.63) is 0 Å². The van der Waals surface area contributed by atoms with E-state index in [-0.39, 0.29) is 0 Å². The Balaban J connectivity index is 3.81. The smallest absolute Gasteiger partial charge is 0.00926 e. The maximum Gasteiger partial charge on any atom is 0.00926 e. The fraction of sp³-hybridized carbons (Fsp3) is 1.00. The highest BCUT2D eigenvalue weighted by Gasteiger charge is 2.14. The Kier molecular flexibility index (Phi) is 9.49. The molecule has 1 nitrogen and oxygen atoms in total. The SMILES string of the molecule is CCCCC(NCCC)C(C)CCC. The van der Waals surface area contributed by atoms with Gasteiger partial charge in [-0.05, 0) is 31.7 Å². The van der Waals surface area contributed by atoms with E-state index in [1.165, 1.54) is 45.1 Å². The lowest BCUT2D eigenvalue weighted by Crippen LogP contribution is -2.35. The van der Waals surface area contributed by atoms with Crippen LogP contribution in [0.25, 0.3) is 0 Å². The van der Waals surface area contributed by atoms with Gasteiger partial charge in [-0.3, -0.25) is 0 Å². The van der Waals surface area contributed by atoms with Gasteiger partial charge in [0.1, 0.15) is 0 Å². The largest absolute Gasteiger partial charge is 0.314 e. The Hall–Kier alpha value is -0.0400. The first-order valence-electron chi connectivity index (χ1n) is 6.49. The van der Waals surface area contributed by atoms with E-state index in [9.17, 15) is 0 Å². The van der Waals surface area contributed by atoms with Crippen LogP contribution in [0.5, 0.6) is 0 Å². The van der Waals surface area contributed by atoms with Gasteiger partial charge in [0.25, 0.3) is 0 Å². The zero-order valence-corrected chi connectivity index (χ0v) is 10.6. The molecule has 1 heteroatoms. The van der Waals surface area contributed by atoms with Gasteiger partial charge in [0.2, 0.25) is 0 Å². The average molecular weight is 199 g/mol. The quantitative estimate of drug-likeness (QED) is 0.592. The first-order chi connectivity index (χ1) is 6.76. The van der Waals surface area contributed by atoms with Gasteiger partial charge in [-0.15, -0.1) is 0 Å². The molecule has 0 aromatic rings. The zero-order chi connectivity index (χ0) is 10.8. The van der Waals surface area contributed by atoms with E-state index in [0.29, 0.717) is 0 Å². The van der Waals surface area contributed by atoms with Crippen molar-refractivity contribution in [2.45, 2.75) is 72.3 Å². The molecule has 0 radical (unpaired) electrons. The Morgan fingerprint density at radius 2 is 1.64 bits per heavy atom. The second kappa shape index (κ2) is 9.51. The van der Waals surface area contributed by atoms with Crippen LogP contribution < -0.4 is 5.32 Å². The minimum atomic E-state index is 0.759. The summed E-state index contributed by atoms with van der Waals surface area (Å²) in [7, 11) is 0. The standard InChI is InChI=1S/C13H29N/c1-5-8-10-13(14-11-7-3)12(4)9-6-2/h12-14H,5-11H2,1-4H3. The maximum absolute atomic E-state index is 3.69. The molecule has 0 amide bonds. The molecule has 2 unspecified atom stereocenters. The topological polar surface area (TPSA) is 12.0 Å². The highest BCUT2D eigenvalue weighted by atomic mass is 14.9. The molecule has 0 aromatic carbocycles. The lowest BCUT2D eigenvalue weighted by atomic mass is 9.93. The van der Waals surface area contributed by atoms with Crippen LogP contribution in [0.2, 0.25) is 0 Å². The van der Waals surface area contributed by atoms with Crippen molar-refractivity contribution >= 4 is 0 Å². The van der Waals surface area contributed by atoms with Gasteiger partial charge in [-0.25, -0.2) is 0 Å². The van der Waals surface area contributed by atoms with Crippen molar-refractivity contribution in [3.63, 3.8) is 0 Å². The van der Waals surface area contributed by atoms with E-state index in [0.717, 1.165) is 12.0 Å². The maximum atomic E-state index is 3.69. The summed E-state index contributed by atoms with van der Waals surface area (Å²) in [4.78, 5) is 0. The van der Waals surface area contributed by atoms with Gasteiger partial charge >= 0.3 is 0 Å². The van der Waals surface area contributed by atoms with Gasteiger partial charge in [0, 0.05) is 6.04 Å². The van der Waals surface area contributed by atoms with Crippen molar-refractivity contribution in [1.82, 2.24) is 5.32 Å². The lowest BCUT2D eigenvalue weighted by molar-refractivity contribution is 0.330. The molecule has 0 saturated carbocycles. The van der Waals surface area contributed by atoms with Crippen molar-refractivity contribution in [1.29, 1.82) is 0 Å². The Morgan fingerprint density at radius 3 is 2.14 bits per heavy atom. The summed E-state index contributed by atoms with van der Waals surface area (Å²) in [5.74, 6) is 0.845. The second-order valence-electron chi connectivity index (χ2n) is 4.47. The third-order valence-electron chi connectivity index (χ3n) is 2.96. The third-order valence-corrected chi connectivity index (χ3v) is 2.96. The number of hydrogen-bond acceptors (Lipinski definition) is 1. The molecule has 0 heterocycles. The predicted octanol–water partition coefficient (Wildman–Crippen LogP) is 3.98. The van der Waals surface area contributed by atoms with Crippen LogP contribution in [-0.2, 0) is 0 Å². The van der Waals surface area contributed by atoms with Crippen molar-refractivity contribution in [3.8, 4) is 0 Å². The van der Waals surface area contributed by atoms with Gasteiger partial charge in [0.15, 0.2) is 0 Å². The molecular formula is C13H29N. The first-order valence-corrected chi connectivity index (χ1v) is 6.49. The van der Waals surface area contributed by atoms with E-state index in [4.69, 9.17) is 0 Å². The molecule has 1 N–H and O–H groups in total. The summed E-state index contributed by atoms with van der Waals surface area (Å²) in [6.07, 6.45) is 7.99. The molecule has 0 spiro atoms. The lowest BCUT2D eigenvalue weighted by Gasteiger charge is -2.24. The van der Waals surface area contributed by atoms with Crippen LogP contribution in [0.3, 0.4) is 0 Å². The third kappa shape index (κ3) is 6.42. The monoisotopic (exact) mass is 199 g/mol. The zero-order valence-electron chi connectivity index (χ0n) is 10.6. The molecular weight excluding hydrogens is 170 g/mol. The molecule has 14 heavy (non-hydrogen) atoms. The van der Waals surface area contributed by atoms with Crippen LogP contribution >= 0.6 is 0 Å². The van der Waals surface area contributed by atoms with Crippen LogP contribution in [0.15, 0.2) is 0 Å². The Labute approximate surface area is 90.7 Å². The summed E-state index contributed by atoms with van der Waals surface area (Å²) >= 11 is 0. The normalized spacial score (nSPS) is 15.4. The van der Waals surface area contributed by atoms with Crippen molar-refractivity contribution in [2.24, 2.45) is 5.92 Å². The average Bonchev–Trinajstić information content (AvgIpc) is 2.18. The van der Waals surface area contributed by atoms with E-state index in [1.807, 2.05) is 0 Å². The molecule has 2 atom stereocenters. The molecule has 0 saturated heterocycles. The summed E-state index contributed by atoms with van der Waals surface area (Å²) in [5.41, 5.74) is 0. The fourth-order valence-electron chi connectivity index (χ4n) is 2.00. The Morgan fingerprint density at radius 1 is 0.929 bits per heavy atom. The molecule has 0 rings (SSSR count).